The molecule has 1 aromatic rings. The normalized spacial score (nSPS) is 15.8. The summed E-state index contributed by atoms with van der Waals surface area (Å²) in [6, 6.07) is 3.17. The third-order valence-electron chi connectivity index (χ3n) is 3.18. The van der Waals surface area contributed by atoms with E-state index in [4.69, 9.17) is 31.5 Å². The molecule has 0 radical (unpaired) electrons. The molecular weight excluding hydrogens is 348 g/mol. The first-order valence-electron chi connectivity index (χ1n) is 7.43. The molecule has 0 unspecified atom stereocenters. The topological polar surface area (TPSA) is 100 Å². The van der Waals surface area contributed by atoms with E-state index >= 15 is 0 Å². The predicted molar refractivity (Wildman–Crippen MR) is 93.7 cm³/mol. The van der Waals surface area contributed by atoms with Gasteiger partial charge in [0.25, 0.3) is 5.91 Å². The third kappa shape index (κ3) is 4.51. The van der Waals surface area contributed by atoms with Crippen LogP contribution in [0, 0.1) is 5.41 Å². The van der Waals surface area contributed by atoms with Gasteiger partial charge < -0.3 is 19.9 Å². The fourth-order valence-electron chi connectivity index (χ4n) is 1.99. The van der Waals surface area contributed by atoms with Crippen molar-refractivity contribution < 1.29 is 23.8 Å². The standard InChI is InChI=1S/C17H19ClN2O5/c1-17(2,3)16-20-11(15(22)25-16)6-9-5-10(18)14(12(7-9)23-4)24-8-13(19)21/h5-7H,8H2,1-4H3,(H2,19,21)/b11-6+. The summed E-state index contributed by atoms with van der Waals surface area (Å²) in [4.78, 5) is 27.1. The number of hydrogen-bond donors (Lipinski definition) is 1. The fraction of sp³-hybridized carbons (Fsp3) is 0.353. The number of amides is 1. The van der Waals surface area contributed by atoms with Crippen LogP contribution in [0.3, 0.4) is 0 Å². The number of benzene rings is 1. The molecule has 1 heterocycles. The largest absolute Gasteiger partial charge is 0.493 e. The van der Waals surface area contributed by atoms with Crippen LogP contribution in [-0.2, 0) is 14.3 Å². The van der Waals surface area contributed by atoms with Gasteiger partial charge in [0.05, 0.1) is 12.1 Å². The molecule has 2 rings (SSSR count). The Morgan fingerprint density at radius 1 is 1.40 bits per heavy atom. The first-order chi connectivity index (χ1) is 11.6. The number of rotatable bonds is 5. The van der Waals surface area contributed by atoms with Gasteiger partial charge in [-0.05, 0) is 23.8 Å². The van der Waals surface area contributed by atoms with E-state index < -0.39 is 11.9 Å². The fourth-order valence-corrected chi connectivity index (χ4v) is 2.27. The van der Waals surface area contributed by atoms with Gasteiger partial charge in [0.1, 0.15) is 0 Å². The van der Waals surface area contributed by atoms with Crippen LogP contribution >= 0.6 is 11.6 Å². The highest BCUT2D eigenvalue weighted by Crippen LogP contribution is 2.37. The molecule has 1 aromatic carbocycles. The lowest BCUT2D eigenvalue weighted by atomic mass is 9.97. The molecule has 134 valence electrons. The predicted octanol–water partition coefficient (Wildman–Crippen LogP) is 2.55. The molecule has 0 aliphatic carbocycles. The van der Waals surface area contributed by atoms with Crippen molar-refractivity contribution in [2.75, 3.05) is 13.7 Å². The summed E-state index contributed by atoms with van der Waals surface area (Å²) in [7, 11) is 1.43. The van der Waals surface area contributed by atoms with E-state index in [1.54, 1.807) is 12.1 Å². The van der Waals surface area contributed by atoms with Crippen molar-refractivity contribution in [3.63, 3.8) is 0 Å². The molecule has 7 nitrogen and oxygen atoms in total. The van der Waals surface area contributed by atoms with E-state index in [9.17, 15) is 9.59 Å². The Morgan fingerprint density at radius 2 is 2.08 bits per heavy atom. The quantitative estimate of drug-likeness (QED) is 0.637. The van der Waals surface area contributed by atoms with Gasteiger partial charge in [-0.3, -0.25) is 4.79 Å². The maximum absolute atomic E-state index is 12.0. The van der Waals surface area contributed by atoms with Crippen LogP contribution in [0.1, 0.15) is 26.3 Å². The van der Waals surface area contributed by atoms with E-state index in [2.05, 4.69) is 4.99 Å². The Bertz CT molecular complexity index is 778. The number of halogens is 1. The van der Waals surface area contributed by atoms with Gasteiger partial charge in [0.2, 0.25) is 5.90 Å². The second-order valence-corrected chi connectivity index (χ2v) is 6.78. The maximum Gasteiger partial charge on any atom is 0.363 e. The molecular formula is C17H19ClN2O5. The van der Waals surface area contributed by atoms with Gasteiger partial charge in [-0.1, -0.05) is 32.4 Å². The van der Waals surface area contributed by atoms with E-state index in [0.717, 1.165) is 0 Å². The van der Waals surface area contributed by atoms with Crippen molar-refractivity contribution in [2.45, 2.75) is 20.8 Å². The molecule has 1 aliphatic heterocycles. The summed E-state index contributed by atoms with van der Waals surface area (Å²) < 4.78 is 15.7. The zero-order valence-corrected chi connectivity index (χ0v) is 15.1. The first-order valence-corrected chi connectivity index (χ1v) is 7.81. The number of primary amides is 1. The average molecular weight is 367 g/mol. The maximum atomic E-state index is 12.0. The van der Waals surface area contributed by atoms with Gasteiger partial charge in [-0.15, -0.1) is 0 Å². The Hall–Kier alpha value is -2.54. The van der Waals surface area contributed by atoms with Crippen molar-refractivity contribution in [3.8, 4) is 11.5 Å². The Balaban J connectivity index is 2.37. The van der Waals surface area contributed by atoms with Crippen molar-refractivity contribution in [3.05, 3.63) is 28.4 Å². The van der Waals surface area contributed by atoms with Gasteiger partial charge in [0.15, 0.2) is 23.8 Å². The number of methoxy groups -OCH3 is 1. The van der Waals surface area contributed by atoms with Crippen LogP contribution in [-0.4, -0.2) is 31.5 Å². The number of nitrogens with two attached hydrogens (primary N) is 1. The molecule has 25 heavy (non-hydrogen) atoms. The SMILES string of the molecule is COc1cc(/C=C2/N=C(C(C)(C)C)OC2=O)cc(Cl)c1OCC(N)=O. The van der Waals surface area contributed by atoms with E-state index in [0.29, 0.717) is 17.2 Å². The van der Waals surface area contributed by atoms with Crippen molar-refractivity contribution in [1.29, 1.82) is 0 Å². The number of nitrogens with zero attached hydrogens (tertiary/aromatic N) is 1. The zero-order chi connectivity index (χ0) is 18.8. The number of carbonyl (C=O) groups excluding carboxylic acids is 2. The van der Waals surface area contributed by atoms with Crippen LogP contribution in [0.2, 0.25) is 5.02 Å². The molecule has 0 saturated carbocycles. The molecule has 0 saturated heterocycles. The minimum absolute atomic E-state index is 0.161. The van der Waals surface area contributed by atoms with Crippen LogP contribution in [0.4, 0.5) is 0 Å². The molecule has 1 amide bonds. The minimum atomic E-state index is -0.637. The summed E-state index contributed by atoms with van der Waals surface area (Å²) in [5, 5.41) is 0.207. The highest BCUT2D eigenvalue weighted by Gasteiger charge is 2.31. The highest BCUT2D eigenvalue weighted by atomic mass is 35.5. The summed E-state index contributed by atoms with van der Waals surface area (Å²) in [6.45, 7) is 5.36. The number of carbonyl (C=O) groups is 2. The molecule has 0 aromatic heterocycles. The summed E-state index contributed by atoms with van der Waals surface area (Å²) in [5.41, 5.74) is 5.41. The van der Waals surface area contributed by atoms with Gasteiger partial charge in [-0.2, -0.15) is 0 Å². The van der Waals surface area contributed by atoms with E-state index in [-0.39, 0.29) is 28.5 Å². The lowest BCUT2D eigenvalue weighted by molar-refractivity contribution is -0.130. The van der Waals surface area contributed by atoms with Crippen LogP contribution in [0.15, 0.2) is 22.8 Å². The zero-order valence-electron chi connectivity index (χ0n) is 14.4. The number of cyclic esters (lactones) is 1. The number of aliphatic imine (C=N–C) groups is 1. The minimum Gasteiger partial charge on any atom is -0.493 e. The molecule has 0 atom stereocenters. The average Bonchev–Trinajstić information content (AvgIpc) is 2.86. The lowest BCUT2D eigenvalue weighted by Crippen LogP contribution is -2.21. The molecule has 1 aliphatic rings. The molecule has 0 fully saturated rings. The van der Waals surface area contributed by atoms with Gasteiger partial charge in [0, 0.05) is 5.41 Å². The molecule has 8 heteroatoms. The molecule has 0 bridgehead atoms. The lowest BCUT2D eigenvalue weighted by Gasteiger charge is -2.15. The third-order valence-corrected chi connectivity index (χ3v) is 3.46. The van der Waals surface area contributed by atoms with Gasteiger partial charge in [-0.25, -0.2) is 9.79 Å². The second kappa shape index (κ2) is 7.14. The summed E-state index contributed by atoms with van der Waals surface area (Å²) in [6.07, 6.45) is 1.54. The van der Waals surface area contributed by atoms with Crippen LogP contribution < -0.4 is 15.2 Å². The van der Waals surface area contributed by atoms with Crippen LogP contribution in [0.25, 0.3) is 6.08 Å². The Labute approximate surface area is 150 Å². The second-order valence-electron chi connectivity index (χ2n) is 6.38. The van der Waals surface area contributed by atoms with E-state index in [1.807, 2.05) is 20.8 Å². The van der Waals surface area contributed by atoms with Crippen molar-refractivity contribution in [1.82, 2.24) is 0 Å². The van der Waals surface area contributed by atoms with Crippen molar-refractivity contribution >= 4 is 35.5 Å². The summed E-state index contributed by atoms with van der Waals surface area (Å²) >= 11 is 6.18. The Morgan fingerprint density at radius 3 is 2.60 bits per heavy atom. The molecule has 2 N–H and O–H groups in total. The Kier molecular flexibility index (Phi) is 5.37. The highest BCUT2D eigenvalue weighted by molar-refractivity contribution is 6.32. The molecule has 0 spiro atoms. The van der Waals surface area contributed by atoms with E-state index in [1.165, 1.54) is 13.2 Å². The van der Waals surface area contributed by atoms with Gasteiger partial charge >= 0.3 is 5.97 Å². The number of esters is 1. The smallest absolute Gasteiger partial charge is 0.363 e. The summed E-state index contributed by atoms with van der Waals surface area (Å²) in [5.74, 6) is -0.329. The van der Waals surface area contributed by atoms with Crippen LogP contribution in [0.5, 0.6) is 11.5 Å². The number of ether oxygens (including phenoxy) is 3. The monoisotopic (exact) mass is 366 g/mol. The van der Waals surface area contributed by atoms with Crippen molar-refractivity contribution in [2.24, 2.45) is 16.1 Å². The number of hydrogen-bond acceptors (Lipinski definition) is 6. The first kappa shape index (κ1) is 18.8.